The number of hydrazone groups is 1. The molecule has 4 aromatic carbocycles. The van der Waals surface area contributed by atoms with Crippen molar-refractivity contribution in [3.05, 3.63) is 145 Å². The normalized spacial score (nSPS) is 12.7. The minimum atomic E-state index is -0.702. The van der Waals surface area contributed by atoms with Crippen LogP contribution in [0.25, 0.3) is 0 Å². The van der Waals surface area contributed by atoms with Crippen molar-refractivity contribution in [3.8, 4) is 6.07 Å². The molecule has 0 aliphatic carbocycles. The molecular formula is C29H22ClN5O4. The summed E-state index contributed by atoms with van der Waals surface area (Å²) < 4.78 is 0. The number of halogens is 1. The van der Waals surface area contributed by atoms with E-state index in [9.17, 15) is 25.5 Å². The van der Waals surface area contributed by atoms with Crippen molar-refractivity contribution in [1.29, 1.82) is 5.26 Å². The van der Waals surface area contributed by atoms with Gasteiger partial charge in [0, 0.05) is 23.4 Å². The maximum absolute atomic E-state index is 11.6. The van der Waals surface area contributed by atoms with Crippen LogP contribution in [-0.4, -0.2) is 15.6 Å². The van der Waals surface area contributed by atoms with E-state index in [-0.39, 0.29) is 11.6 Å². The highest BCUT2D eigenvalue weighted by atomic mass is 35.5. The summed E-state index contributed by atoms with van der Waals surface area (Å²) in [6, 6.07) is 31.7. The number of benzene rings is 4. The van der Waals surface area contributed by atoms with Gasteiger partial charge in [-0.3, -0.25) is 25.7 Å². The lowest BCUT2D eigenvalue weighted by atomic mass is 9.78. The minimum absolute atomic E-state index is 0.00447. The standard InChI is InChI=1S/C29H22ClN5O4/c30-23-13-11-21(12-14-23)26(19-31)25(20-7-3-1-4-8-20)18-28(22-9-5-2-6-10-22)33-32-27-16-15-24(34(36)37)17-29(27)35(38)39/h1-17,25-26,32H,18H2/b33-28-. The molecule has 4 rings (SSSR count). The molecule has 0 amide bonds. The number of non-ortho nitro benzene ring substituents is 1. The lowest BCUT2D eigenvalue weighted by Crippen LogP contribution is -2.17. The molecular weight excluding hydrogens is 518 g/mol. The van der Waals surface area contributed by atoms with Crippen LogP contribution in [-0.2, 0) is 0 Å². The van der Waals surface area contributed by atoms with Gasteiger partial charge >= 0.3 is 5.69 Å². The lowest BCUT2D eigenvalue weighted by molar-refractivity contribution is -0.393. The van der Waals surface area contributed by atoms with Gasteiger partial charge in [0.15, 0.2) is 0 Å². The van der Waals surface area contributed by atoms with Gasteiger partial charge in [0.2, 0.25) is 0 Å². The second-order valence-electron chi connectivity index (χ2n) is 8.63. The number of nitro benzene ring substituents is 2. The molecule has 39 heavy (non-hydrogen) atoms. The minimum Gasteiger partial charge on any atom is -0.271 e. The van der Waals surface area contributed by atoms with Gasteiger partial charge in [-0.15, -0.1) is 0 Å². The molecule has 1 N–H and O–H groups in total. The van der Waals surface area contributed by atoms with Gasteiger partial charge in [0.1, 0.15) is 5.69 Å². The van der Waals surface area contributed by atoms with Gasteiger partial charge in [-0.05, 0) is 34.9 Å². The Morgan fingerprint density at radius 1 is 0.872 bits per heavy atom. The second-order valence-corrected chi connectivity index (χ2v) is 9.07. The monoisotopic (exact) mass is 539 g/mol. The lowest BCUT2D eigenvalue weighted by Gasteiger charge is -2.24. The molecule has 0 aliphatic heterocycles. The summed E-state index contributed by atoms with van der Waals surface area (Å²) in [4.78, 5) is 21.4. The van der Waals surface area contributed by atoms with Crippen LogP contribution in [0.5, 0.6) is 0 Å². The van der Waals surface area contributed by atoms with Crippen molar-refractivity contribution in [1.82, 2.24) is 0 Å². The van der Waals surface area contributed by atoms with Crippen molar-refractivity contribution in [2.45, 2.75) is 18.3 Å². The first kappa shape index (κ1) is 27.0. The zero-order valence-corrected chi connectivity index (χ0v) is 21.2. The van der Waals surface area contributed by atoms with Crippen molar-refractivity contribution >= 4 is 34.4 Å². The Labute approximate surface area is 229 Å². The van der Waals surface area contributed by atoms with Crippen LogP contribution in [0.4, 0.5) is 17.1 Å². The molecule has 0 aliphatic rings. The summed E-state index contributed by atoms with van der Waals surface area (Å²) in [5.41, 5.74) is 4.89. The van der Waals surface area contributed by atoms with Crippen LogP contribution in [0.1, 0.15) is 34.9 Å². The zero-order chi connectivity index (χ0) is 27.8. The summed E-state index contributed by atoms with van der Waals surface area (Å²) >= 11 is 6.09. The molecule has 10 heteroatoms. The van der Waals surface area contributed by atoms with Crippen molar-refractivity contribution < 1.29 is 9.85 Å². The third kappa shape index (κ3) is 6.63. The topological polar surface area (TPSA) is 134 Å². The van der Waals surface area contributed by atoms with Crippen LogP contribution in [0.2, 0.25) is 5.02 Å². The molecule has 2 unspecified atom stereocenters. The van der Waals surface area contributed by atoms with E-state index >= 15 is 0 Å². The van der Waals surface area contributed by atoms with E-state index in [1.165, 1.54) is 12.1 Å². The second kappa shape index (κ2) is 12.4. The van der Waals surface area contributed by atoms with Crippen LogP contribution >= 0.6 is 11.6 Å². The molecule has 0 saturated heterocycles. The Balaban J connectivity index is 1.78. The quantitative estimate of drug-likeness (QED) is 0.126. The fraction of sp³-hybridized carbons (Fsp3) is 0.103. The average molecular weight is 540 g/mol. The van der Waals surface area contributed by atoms with E-state index in [1.54, 1.807) is 12.1 Å². The summed E-state index contributed by atoms with van der Waals surface area (Å²) in [7, 11) is 0. The summed E-state index contributed by atoms with van der Waals surface area (Å²) in [5, 5.41) is 38.1. The first-order chi connectivity index (χ1) is 18.9. The highest BCUT2D eigenvalue weighted by Gasteiger charge is 2.27. The van der Waals surface area contributed by atoms with Gasteiger partial charge in [0.05, 0.1) is 33.6 Å². The number of nitrogens with zero attached hydrogens (tertiary/aromatic N) is 4. The van der Waals surface area contributed by atoms with E-state index in [0.29, 0.717) is 17.2 Å². The van der Waals surface area contributed by atoms with Crippen LogP contribution < -0.4 is 5.43 Å². The Bertz CT molecular complexity index is 1540. The van der Waals surface area contributed by atoms with Crippen LogP contribution in [0, 0.1) is 31.6 Å². The number of nitro groups is 2. The van der Waals surface area contributed by atoms with Crippen LogP contribution in [0.15, 0.2) is 108 Å². The molecule has 0 bridgehead atoms. The first-order valence-corrected chi connectivity index (χ1v) is 12.3. The fourth-order valence-corrected chi connectivity index (χ4v) is 4.40. The predicted octanol–water partition coefficient (Wildman–Crippen LogP) is 7.45. The van der Waals surface area contributed by atoms with Gasteiger partial charge < -0.3 is 0 Å². The SMILES string of the molecule is N#CC(c1ccc(Cl)cc1)C(C/C(=N/Nc1ccc([N+](=O)[O-])cc1[N+](=O)[O-])c1ccccc1)c1ccccc1. The highest BCUT2D eigenvalue weighted by molar-refractivity contribution is 6.30. The largest absolute Gasteiger partial charge is 0.301 e. The van der Waals surface area contributed by atoms with Gasteiger partial charge in [0.25, 0.3) is 5.69 Å². The Hall–Kier alpha value is -5.07. The van der Waals surface area contributed by atoms with Crippen molar-refractivity contribution in [2.75, 3.05) is 5.43 Å². The van der Waals surface area contributed by atoms with E-state index < -0.39 is 27.1 Å². The molecule has 194 valence electrons. The molecule has 0 radical (unpaired) electrons. The molecule has 0 fully saturated rings. The van der Waals surface area contributed by atoms with E-state index in [2.05, 4.69) is 16.6 Å². The number of hydrogen-bond acceptors (Lipinski definition) is 7. The van der Waals surface area contributed by atoms with E-state index in [4.69, 9.17) is 11.6 Å². The maximum atomic E-state index is 11.6. The Morgan fingerprint density at radius 3 is 2.10 bits per heavy atom. The maximum Gasteiger partial charge on any atom is 0.301 e. The molecule has 4 aromatic rings. The summed E-state index contributed by atoms with van der Waals surface area (Å²) in [6.07, 6.45) is 0.308. The van der Waals surface area contributed by atoms with Gasteiger partial charge in [-0.25, -0.2) is 0 Å². The number of nitrogens with one attached hydrogen (secondary N) is 1. The number of nitriles is 1. The fourth-order valence-electron chi connectivity index (χ4n) is 4.27. The average Bonchev–Trinajstić information content (AvgIpc) is 2.96. The molecule has 0 saturated carbocycles. The van der Waals surface area contributed by atoms with Crippen molar-refractivity contribution in [3.63, 3.8) is 0 Å². The predicted molar refractivity (Wildman–Crippen MR) is 150 cm³/mol. The van der Waals surface area contributed by atoms with Gasteiger partial charge in [-0.1, -0.05) is 84.4 Å². The molecule has 2 atom stereocenters. The highest BCUT2D eigenvalue weighted by Crippen LogP contribution is 2.37. The molecule has 0 aromatic heterocycles. The first-order valence-electron chi connectivity index (χ1n) is 11.9. The Morgan fingerprint density at radius 2 is 1.51 bits per heavy atom. The number of hydrogen-bond donors (Lipinski definition) is 1. The number of rotatable bonds is 10. The van der Waals surface area contributed by atoms with Gasteiger partial charge in [-0.2, -0.15) is 10.4 Å². The smallest absolute Gasteiger partial charge is 0.271 e. The molecule has 9 nitrogen and oxygen atoms in total. The van der Waals surface area contributed by atoms with E-state index in [1.807, 2.05) is 72.8 Å². The Kier molecular flexibility index (Phi) is 8.61. The van der Waals surface area contributed by atoms with Crippen LogP contribution in [0.3, 0.4) is 0 Å². The van der Waals surface area contributed by atoms with E-state index in [0.717, 1.165) is 22.8 Å². The number of anilines is 1. The molecule has 0 heterocycles. The molecule has 0 spiro atoms. The third-order valence-corrected chi connectivity index (χ3v) is 6.47. The van der Waals surface area contributed by atoms with Crippen molar-refractivity contribution in [2.24, 2.45) is 5.10 Å². The zero-order valence-electron chi connectivity index (χ0n) is 20.5. The summed E-state index contributed by atoms with van der Waals surface area (Å²) in [6.45, 7) is 0. The third-order valence-electron chi connectivity index (χ3n) is 6.22. The summed E-state index contributed by atoms with van der Waals surface area (Å²) in [5.74, 6) is -0.878.